The number of aryl methyl sites for hydroxylation is 1. The molecule has 0 spiro atoms. The van der Waals surface area contributed by atoms with Crippen LogP contribution in [0.25, 0.3) is 10.9 Å². The van der Waals surface area contributed by atoms with Crippen molar-refractivity contribution in [2.45, 2.75) is 50.1 Å². The van der Waals surface area contributed by atoms with Crippen LogP contribution >= 0.6 is 0 Å². The van der Waals surface area contributed by atoms with E-state index in [1.165, 1.54) is 12.1 Å². The number of nitrogens with one attached hydrogen (secondary N) is 3. The highest BCUT2D eigenvalue weighted by atomic mass is 32.2. The number of urea groups is 1. The van der Waals surface area contributed by atoms with Gasteiger partial charge in [-0.15, -0.1) is 0 Å². The molecule has 1 aromatic heterocycles. The molecule has 0 aliphatic heterocycles. The number of rotatable bonds is 6. The molecule has 2 amide bonds. The Bertz CT molecular complexity index is 1390. The van der Waals surface area contributed by atoms with Crippen molar-refractivity contribution in [1.29, 1.82) is 0 Å². The first-order valence-electron chi connectivity index (χ1n) is 10.9. The standard InChI is InChI=1S/C23H26N4O5S/c1-15-6-9-17(14-15)24-22(29)26-33(31,32)18-10-7-16(8-11-18)12-13-27-21(28)19-4-2-3-5-20(19)25-23(27)30/h2-5,7-8,10-11,15,17H,6,9,12-14H2,1H3,(H,25,30)(H2,24,26,29). The molecular formula is C23H26N4O5S. The quantitative estimate of drug-likeness (QED) is 0.508. The van der Waals surface area contributed by atoms with Gasteiger partial charge in [0.25, 0.3) is 15.6 Å². The Labute approximate surface area is 190 Å². The number of hydrogen-bond acceptors (Lipinski definition) is 5. The maximum atomic E-state index is 12.6. The van der Waals surface area contributed by atoms with E-state index in [2.05, 4.69) is 21.9 Å². The zero-order valence-electron chi connectivity index (χ0n) is 18.2. The zero-order valence-corrected chi connectivity index (χ0v) is 19.0. The van der Waals surface area contributed by atoms with Gasteiger partial charge in [0.15, 0.2) is 0 Å². The fourth-order valence-electron chi connectivity index (χ4n) is 4.21. The minimum absolute atomic E-state index is 0.0146. The third kappa shape index (κ3) is 5.16. The number of aromatic amines is 1. The van der Waals surface area contributed by atoms with Gasteiger partial charge in [0.1, 0.15) is 0 Å². The van der Waals surface area contributed by atoms with Crippen molar-refractivity contribution in [2.24, 2.45) is 5.92 Å². The summed E-state index contributed by atoms with van der Waals surface area (Å²) in [6.07, 6.45) is 3.05. The summed E-state index contributed by atoms with van der Waals surface area (Å²) in [5, 5.41) is 3.14. The lowest BCUT2D eigenvalue weighted by Crippen LogP contribution is -2.43. The Hall–Kier alpha value is -3.40. The summed E-state index contributed by atoms with van der Waals surface area (Å²) < 4.78 is 28.2. The van der Waals surface area contributed by atoms with Crippen molar-refractivity contribution in [3.05, 3.63) is 74.9 Å². The second-order valence-electron chi connectivity index (χ2n) is 8.52. The lowest BCUT2D eigenvalue weighted by atomic mass is 10.1. The molecule has 9 nitrogen and oxygen atoms in total. The van der Waals surface area contributed by atoms with Crippen LogP contribution in [0.1, 0.15) is 31.7 Å². The van der Waals surface area contributed by atoms with E-state index in [0.29, 0.717) is 23.2 Å². The molecule has 1 aliphatic rings. The lowest BCUT2D eigenvalue weighted by molar-refractivity contribution is 0.242. The topological polar surface area (TPSA) is 130 Å². The van der Waals surface area contributed by atoms with Crippen LogP contribution in [0.5, 0.6) is 0 Å². The van der Waals surface area contributed by atoms with Crippen molar-refractivity contribution in [2.75, 3.05) is 0 Å². The molecular weight excluding hydrogens is 444 g/mol. The maximum absolute atomic E-state index is 12.6. The van der Waals surface area contributed by atoms with E-state index >= 15 is 0 Å². The van der Waals surface area contributed by atoms with Crippen LogP contribution < -0.4 is 21.3 Å². The van der Waals surface area contributed by atoms with Crippen LogP contribution in [-0.4, -0.2) is 30.0 Å². The minimum atomic E-state index is -4.01. The summed E-state index contributed by atoms with van der Waals surface area (Å²) in [5.74, 6) is 0.514. The largest absolute Gasteiger partial charge is 0.335 e. The Morgan fingerprint density at radius 3 is 2.52 bits per heavy atom. The highest BCUT2D eigenvalue weighted by Crippen LogP contribution is 2.24. The van der Waals surface area contributed by atoms with Gasteiger partial charge in [-0.05, 0) is 61.4 Å². The average Bonchev–Trinajstić information content (AvgIpc) is 3.17. The normalized spacial score (nSPS) is 18.3. The van der Waals surface area contributed by atoms with Crippen molar-refractivity contribution < 1.29 is 13.2 Å². The SMILES string of the molecule is CC1CCC(NC(=O)NS(=O)(=O)c2ccc(CCn3c(=O)[nH]c4ccccc4c3=O)cc2)C1. The van der Waals surface area contributed by atoms with E-state index in [1.807, 2.05) is 0 Å². The Morgan fingerprint density at radius 1 is 1.09 bits per heavy atom. The van der Waals surface area contributed by atoms with Gasteiger partial charge in [-0.1, -0.05) is 31.2 Å². The van der Waals surface area contributed by atoms with E-state index in [9.17, 15) is 22.8 Å². The zero-order chi connectivity index (χ0) is 23.6. The fourth-order valence-corrected chi connectivity index (χ4v) is 5.13. The van der Waals surface area contributed by atoms with Crippen molar-refractivity contribution in [3.8, 4) is 0 Å². The van der Waals surface area contributed by atoms with Gasteiger partial charge in [0.05, 0.1) is 15.8 Å². The molecule has 3 N–H and O–H groups in total. The summed E-state index contributed by atoms with van der Waals surface area (Å²) >= 11 is 0. The third-order valence-electron chi connectivity index (χ3n) is 6.00. The molecule has 1 heterocycles. The first kappa shape index (κ1) is 22.8. The minimum Gasteiger partial charge on any atom is -0.335 e. The van der Waals surface area contributed by atoms with Crippen LogP contribution in [0.3, 0.4) is 0 Å². The Morgan fingerprint density at radius 2 is 1.82 bits per heavy atom. The summed E-state index contributed by atoms with van der Waals surface area (Å²) in [5.41, 5.74) is 0.361. The summed E-state index contributed by atoms with van der Waals surface area (Å²) in [7, 11) is -4.01. The molecule has 1 saturated carbocycles. The van der Waals surface area contributed by atoms with Crippen molar-refractivity contribution in [1.82, 2.24) is 19.6 Å². The van der Waals surface area contributed by atoms with E-state index in [4.69, 9.17) is 0 Å². The first-order valence-corrected chi connectivity index (χ1v) is 12.4. The highest BCUT2D eigenvalue weighted by molar-refractivity contribution is 7.90. The number of H-pyrrole nitrogens is 1. The van der Waals surface area contributed by atoms with Crippen LogP contribution in [0, 0.1) is 5.92 Å². The van der Waals surface area contributed by atoms with Crippen molar-refractivity contribution in [3.63, 3.8) is 0 Å². The maximum Gasteiger partial charge on any atom is 0.328 e. The van der Waals surface area contributed by atoms with E-state index in [-0.39, 0.29) is 23.0 Å². The van der Waals surface area contributed by atoms with Crippen molar-refractivity contribution >= 4 is 27.0 Å². The third-order valence-corrected chi connectivity index (χ3v) is 7.35. The molecule has 10 heteroatoms. The molecule has 4 rings (SSSR count). The van der Waals surface area contributed by atoms with Gasteiger partial charge < -0.3 is 10.3 Å². The van der Waals surface area contributed by atoms with Gasteiger partial charge in [0.2, 0.25) is 0 Å². The fraction of sp³-hybridized carbons (Fsp3) is 0.348. The molecule has 0 saturated heterocycles. The Balaban J connectivity index is 1.41. The van der Waals surface area contributed by atoms with Gasteiger partial charge in [-0.2, -0.15) is 0 Å². The van der Waals surface area contributed by atoms with Gasteiger partial charge in [0, 0.05) is 12.6 Å². The van der Waals surface area contributed by atoms with Crippen LogP contribution in [0.4, 0.5) is 4.79 Å². The van der Waals surface area contributed by atoms with Crippen LogP contribution in [-0.2, 0) is 23.0 Å². The molecule has 33 heavy (non-hydrogen) atoms. The Kier molecular flexibility index (Phi) is 6.37. The number of hydrogen-bond donors (Lipinski definition) is 3. The molecule has 1 fully saturated rings. The number of nitrogens with zero attached hydrogens (tertiary/aromatic N) is 1. The predicted octanol–water partition coefficient (Wildman–Crippen LogP) is 2.11. The predicted molar refractivity (Wildman–Crippen MR) is 125 cm³/mol. The monoisotopic (exact) mass is 470 g/mol. The highest BCUT2D eigenvalue weighted by Gasteiger charge is 2.25. The molecule has 174 valence electrons. The van der Waals surface area contributed by atoms with Gasteiger partial charge in [-0.25, -0.2) is 22.7 Å². The van der Waals surface area contributed by atoms with Gasteiger partial charge in [-0.3, -0.25) is 9.36 Å². The number of sulfonamides is 1. The number of benzene rings is 2. The summed E-state index contributed by atoms with van der Waals surface area (Å²) in [6.45, 7) is 2.25. The molecule has 1 aliphatic carbocycles. The molecule has 2 unspecified atom stereocenters. The van der Waals surface area contributed by atoms with E-state index in [0.717, 1.165) is 29.4 Å². The van der Waals surface area contributed by atoms with E-state index < -0.39 is 21.7 Å². The molecule has 3 aromatic rings. The second kappa shape index (κ2) is 9.22. The number of carbonyl (C=O) groups excluding carboxylic acids is 1. The van der Waals surface area contributed by atoms with Crippen LogP contribution in [0.2, 0.25) is 0 Å². The number of fused-ring (bicyclic) bond motifs is 1. The average molecular weight is 471 g/mol. The number of amides is 2. The second-order valence-corrected chi connectivity index (χ2v) is 10.2. The number of carbonyl (C=O) groups is 1. The van der Waals surface area contributed by atoms with E-state index in [1.54, 1.807) is 36.4 Å². The number of aromatic nitrogens is 2. The summed E-state index contributed by atoms with van der Waals surface area (Å²) in [4.78, 5) is 39.7. The smallest absolute Gasteiger partial charge is 0.328 e. The molecule has 0 radical (unpaired) electrons. The van der Waals surface area contributed by atoms with Crippen LogP contribution in [0.15, 0.2) is 63.0 Å². The van der Waals surface area contributed by atoms with Gasteiger partial charge >= 0.3 is 11.7 Å². The molecule has 2 aromatic carbocycles. The molecule has 0 bridgehead atoms. The first-order chi connectivity index (χ1) is 15.7. The molecule has 2 atom stereocenters. The summed E-state index contributed by atoms with van der Waals surface area (Å²) in [6, 6.07) is 12.1. The number of para-hydroxylation sites is 1. The lowest BCUT2D eigenvalue weighted by Gasteiger charge is -2.14.